The maximum absolute atomic E-state index is 13.0. The highest BCUT2D eigenvalue weighted by Gasteiger charge is 2.11. The van der Waals surface area contributed by atoms with Gasteiger partial charge in [-0.15, -0.1) is 0 Å². The Hall–Kier alpha value is -1.69. The summed E-state index contributed by atoms with van der Waals surface area (Å²) in [4.78, 5) is 15.8. The van der Waals surface area contributed by atoms with Crippen LogP contribution in [0.4, 0.5) is 8.78 Å². The number of ketones is 1. The molecule has 0 fully saturated rings. The van der Waals surface area contributed by atoms with Gasteiger partial charge in [0.1, 0.15) is 0 Å². The van der Waals surface area contributed by atoms with Crippen molar-refractivity contribution in [1.29, 1.82) is 0 Å². The molecular formula is C12H10F2N2OS. The van der Waals surface area contributed by atoms with Crippen LogP contribution in [0, 0.1) is 11.6 Å². The molecule has 0 amide bonds. The minimum absolute atomic E-state index is 0.135. The number of carbonyl (C=O) groups is 1. The first-order chi connectivity index (χ1) is 8.58. The van der Waals surface area contributed by atoms with Crippen molar-refractivity contribution in [2.45, 2.75) is 5.16 Å². The molecule has 6 heteroatoms. The molecule has 18 heavy (non-hydrogen) atoms. The summed E-state index contributed by atoms with van der Waals surface area (Å²) in [5, 5.41) is 0.700. The minimum atomic E-state index is -1.01. The van der Waals surface area contributed by atoms with E-state index in [1.54, 1.807) is 17.0 Å². The van der Waals surface area contributed by atoms with Crippen LogP contribution in [0.3, 0.4) is 0 Å². The lowest BCUT2D eigenvalue weighted by molar-refractivity contribution is 0.102. The highest BCUT2D eigenvalue weighted by Crippen LogP contribution is 2.17. The van der Waals surface area contributed by atoms with Crippen LogP contribution in [0.1, 0.15) is 10.4 Å². The second-order valence-electron chi connectivity index (χ2n) is 3.66. The van der Waals surface area contributed by atoms with Gasteiger partial charge < -0.3 is 4.57 Å². The monoisotopic (exact) mass is 268 g/mol. The number of hydrogen-bond acceptors (Lipinski definition) is 3. The van der Waals surface area contributed by atoms with Gasteiger partial charge >= 0.3 is 0 Å². The van der Waals surface area contributed by atoms with Gasteiger partial charge in [0.15, 0.2) is 22.6 Å². The van der Waals surface area contributed by atoms with E-state index in [1.807, 2.05) is 7.05 Å². The maximum Gasteiger partial charge on any atom is 0.173 e. The Morgan fingerprint density at radius 3 is 2.78 bits per heavy atom. The molecule has 94 valence electrons. The summed E-state index contributed by atoms with van der Waals surface area (Å²) in [5.74, 6) is -2.09. The van der Waals surface area contributed by atoms with Crippen molar-refractivity contribution in [2.24, 2.45) is 7.05 Å². The van der Waals surface area contributed by atoms with Crippen molar-refractivity contribution in [3.8, 4) is 0 Å². The molecule has 0 saturated heterocycles. The normalized spacial score (nSPS) is 10.6. The highest BCUT2D eigenvalue weighted by atomic mass is 32.2. The summed E-state index contributed by atoms with van der Waals surface area (Å²) >= 11 is 1.25. The van der Waals surface area contributed by atoms with E-state index in [-0.39, 0.29) is 17.1 Å². The Bertz CT molecular complexity index is 583. The Kier molecular flexibility index (Phi) is 3.76. The first-order valence-corrected chi connectivity index (χ1v) is 6.15. The molecule has 3 nitrogen and oxygen atoms in total. The summed E-state index contributed by atoms with van der Waals surface area (Å²) in [5.41, 5.74) is 0.163. The average molecular weight is 268 g/mol. The van der Waals surface area contributed by atoms with Gasteiger partial charge in [-0.1, -0.05) is 11.8 Å². The molecule has 1 aromatic carbocycles. The smallest absolute Gasteiger partial charge is 0.173 e. The number of aryl methyl sites for hydroxylation is 1. The van der Waals surface area contributed by atoms with E-state index in [1.165, 1.54) is 17.8 Å². The fourth-order valence-corrected chi connectivity index (χ4v) is 2.20. The number of imidazole rings is 1. The lowest BCUT2D eigenvalue weighted by Crippen LogP contribution is -2.04. The molecule has 0 unspecified atom stereocenters. The zero-order valence-electron chi connectivity index (χ0n) is 9.56. The van der Waals surface area contributed by atoms with Gasteiger partial charge in [0.05, 0.1) is 5.75 Å². The van der Waals surface area contributed by atoms with Gasteiger partial charge in [-0.25, -0.2) is 13.8 Å². The van der Waals surface area contributed by atoms with E-state index in [0.717, 1.165) is 12.1 Å². The van der Waals surface area contributed by atoms with Crippen LogP contribution < -0.4 is 0 Å². The fourth-order valence-electron chi connectivity index (χ4n) is 1.37. The molecule has 0 bridgehead atoms. The predicted molar refractivity (Wildman–Crippen MR) is 64.6 cm³/mol. The predicted octanol–water partition coefficient (Wildman–Crippen LogP) is 2.67. The third-order valence-electron chi connectivity index (χ3n) is 2.35. The topological polar surface area (TPSA) is 34.9 Å². The van der Waals surface area contributed by atoms with Crippen molar-refractivity contribution in [2.75, 3.05) is 5.75 Å². The third kappa shape index (κ3) is 2.76. The first-order valence-electron chi connectivity index (χ1n) is 5.16. The quantitative estimate of drug-likeness (QED) is 0.631. The number of benzene rings is 1. The zero-order chi connectivity index (χ0) is 13.1. The number of hydrogen-bond donors (Lipinski definition) is 0. The van der Waals surface area contributed by atoms with E-state index >= 15 is 0 Å². The standard InChI is InChI=1S/C12H10F2N2OS/c1-16-5-4-15-12(16)18-7-11(17)8-2-3-9(13)10(14)6-8/h2-6H,7H2,1H3. The first kappa shape index (κ1) is 12.8. The number of Topliss-reactive ketones (excluding diaryl/α,β-unsaturated/α-hetero) is 1. The largest absolute Gasteiger partial charge is 0.329 e. The van der Waals surface area contributed by atoms with Crippen molar-refractivity contribution in [3.63, 3.8) is 0 Å². The summed E-state index contributed by atoms with van der Waals surface area (Å²) in [6.45, 7) is 0. The molecule has 0 aliphatic heterocycles. The van der Waals surface area contributed by atoms with Gasteiger partial charge in [0, 0.05) is 25.0 Å². The summed E-state index contributed by atoms with van der Waals surface area (Å²) in [7, 11) is 1.82. The Morgan fingerprint density at radius 2 is 2.17 bits per heavy atom. The molecule has 0 atom stereocenters. The second-order valence-corrected chi connectivity index (χ2v) is 4.60. The number of thioether (sulfide) groups is 1. The Balaban J connectivity index is 2.04. The molecule has 0 spiro atoms. The molecule has 2 aromatic rings. The summed E-state index contributed by atoms with van der Waals surface area (Å²) in [6, 6.07) is 3.14. The molecular weight excluding hydrogens is 258 g/mol. The molecule has 0 aliphatic rings. The molecule has 0 saturated carbocycles. The van der Waals surface area contributed by atoms with Crippen LogP contribution in [-0.4, -0.2) is 21.1 Å². The number of rotatable bonds is 4. The van der Waals surface area contributed by atoms with Crippen molar-refractivity contribution in [3.05, 3.63) is 47.8 Å². The molecule has 1 heterocycles. The molecule has 2 rings (SSSR count). The second kappa shape index (κ2) is 5.30. The summed E-state index contributed by atoms with van der Waals surface area (Å²) < 4.78 is 27.5. The summed E-state index contributed by atoms with van der Waals surface area (Å²) in [6.07, 6.45) is 3.40. The molecule has 1 aromatic heterocycles. The van der Waals surface area contributed by atoms with E-state index < -0.39 is 11.6 Å². The highest BCUT2D eigenvalue weighted by molar-refractivity contribution is 7.99. The number of aromatic nitrogens is 2. The lowest BCUT2D eigenvalue weighted by atomic mass is 10.1. The van der Waals surface area contributed by atoms with E-state index in [9.17, 15) is 13.6 Å². The van der Waals surface area contributed by atoms with Crippen LogP contribution in [0.2, 0.25) is 0 Å². The van der Waals surface area contributed by atoms with E-state index in [4.69, 9.17) is 0 Å². The number of halogens is 2. The average Bonchev–Trinajstić information content (AvgIpc) is 2.75. The number of carbonyl (C=O) groups excluding carboxylic acids is 1. The van der Waals surface area contributed by atoms with E-state index in [0.29, 0.717) is 5.16 Å². The SMILES string of the molecule is Cn1ccnc1SCC(=O)c1ccc(F)c(F)c1. The van der Waals surface area contributed by atoms with Gasteiger partial charge in [-0.05, 0) is 18.2 Å². The maximum atomic E-state index is 13.0. The van der Waals surface area contributed by atoms with Crippen LogP contribution in [0.5, 0.6) is 0 Å². The molecule has 0 radical (unpaired) electrons. The zero-order valence-corrected chi connectivity index (χ0v) is 10.4. The molecule has 0 N–H and O–H groups in total. The van der Waals surface area contributed by atoms with Crippen molar-refractivity contribution >= 4 is 17.5 Å². The third-order valence-corrected chi connectivity index (χ3v) is 3.41. The lowest BCUT2D eigenvalue weighted by Gasteiger charge is -2.02. The van der Waals surface area contributed by atoms with Gasteiger partial charge in [-0.3, -0.25) is 4.79 Å². The van der Waals surface area contributed by atoms with Crippen LogP contribution in [-0.2, 0) is 7.05 Å². The Labute approximate surface area is 107 Å². The van der Waals surface area contributed by atoms with Gasteiger partial charge in [-0.2, -0.15) is 0 Å². The van der Waals surface area contributed by atoms with E-state index in [2.05, 4.69) is 4.98 Å². The van der Waals surface area contributed by atoms with Gasteiger partial charge in [0.2, 0.25) is 0 Å². The van der Waals surface area contributed by atoms with Crippen molar-refractivity contribution < 1.29 is 13.6 Å². The van der Waals surface area contributed by atoms with Crippen LogP contribution in [0.15, 0.2) is 35.7 Å². The fraction of sp³-hybridized carbons (Fsp3) is 0.167. The number of nitrogens with zero attached hydrogens (tertiary/aromatic N) is 2. The minimum Gasteiger partial charge on any atom is -0.329 e. The molecule has 0 aliphatic carbocycles. The van der Waals surface area contributed by atoms with Gasteiger partial charge in [0.25, 0.3) is 0 Å². The Morgan fingerprint density at radius 1 is 1.39 bits per heavy atom. The van der Waals surface area contributed by atoms with Crippen molar-refractivity contribution in [1.82, 2.24) is 9.55 Å². The van der Waals surface area contributed by atoms with Crippen LogP contribution in [0.25, 0.3) is 0 Å². The van der Waals surface area contributed by atoms with Crippen LogP contribution >= 0.6 is 11.8 Å².